The minimum absolute atomic E-state index is 0.0427. The van der Waals surface area contributed by atoms with E-state index in [2.05, 4.69) is 29.3 Å². The Balaban J connectivity index is 1.50. The minimum Gasteiger partial charge on any atom is -0.325 e. The van der Waals surface area contributed by atoms with E-state index in [0.29, 0.717) is 17.7 Å². The van der Waals surface area contributed by atoms with E-state index in [4.69, 9.17) is 0 Å². The van der Waals surface area contributed by atoms with Crippen molar-refractivity contribution in [3.8, 4) is 0 Å². The Morgan fingerprint density at radius 1 is 1.29 bits per heavy atom. The Labute approximate surface area is 147 Å². The molecule has 24 heavy (non-hydrogen) atoms. The van der Waals surface area contributed by atoms with E-state index in [1.54, 1.807) is 16.7 Å². The third kappa shape index (κ3) is 4.51. The molecule has 1 unspecified atom stereocenters. The van der Waals surface area contributed by atoms with Gasteiger partial charge in [-0.3, -0.25) is 14.5 Å². The molecule has 0 spiro atoms. The number of hydrogen-bond acceptors (Lipinski definition) is 4. The number of piperidine rings is 1. The summed E-state index contributed by atoms with van der Waals surface area (Å²) in [6.07, 6.45) is 3.90. The summed E-state index contributed by atoms with van der Waals surface area (Å²) >= 11 is 1.55. The van der Waals surface area contributed by atoms with Crippen LogP contribution in [0.1, 0.15) is 31.7 Å². The van der Waals surface area contributed by atoms with Crippen molar-refractivity contribution < 1.29 is 9.59 Å². The Morgan fingerprint density at radius 3 is 2.75 bits per heavy atom. The molecule has 0 aliphatic carbocycles. The van der Waals surface area contributed by atoms with Crippen LogP contribution in [0.2, 0.25) is 0 Å². The molecule has 5 nitrogen and oxygen atoms in total. The van der Waals surface area contributed by atoms with Gasteiger partial charge in [-0.2, -0.15) is 0 Å². The van der Waals surface area contributed by atoms with E-state index >= 15 is 0 Å². The maximum atomic E-state index is 12.0. The molecule has 1 aromatic rings. The van der Waals surface area contributed by atoms with E-state index in [1.807, 2.05) is 12.1 Å². The summed E-state index contributed by atoms with van der Waals surface area (Å²) in [6.45, 7) is 4.57. The Bertz CT molecular complexity index is 590. The van der Waals surface area contributed by atoms with Crippen molar-refractivity contribution in [1.29, 1.82) is 0 Å². The summed E-state index contributed by atoms with van der Waals surface area (Å²) in [5.41, 5.74) is 2.06. The number of carbonyl (C=O) groups excluding carboxylic acids is 2. The lowest BCUT2D eigenvalue weighted by Crippen LogP contribution is -2.36. The number of rotatable bonds is 5. The number of likely N-dealkylation sites (tertiary alicyclic amines) is 1. The first kappa shape index (κ1) is 17.3. The summed E-state index contributed by atoms with van der Waals surface area (Å²) in [5, 5.41) is 2.87. The van der Waals surface area contributed by atoms with E-state index in [1.165, 1.54) is 31.4 Å². The zero-order valence-electron chi connectivity index (χ0n) is 14.2. The van der Waals surface area contributed by atoms with Gasteiger partial charge in [0, 0.05) is 18.3 Å². The van der Waals surface area contributed by atoms with Gasteiger partial charge in [-0.25, -0.2) is 0 Å². The number of amides is 2. The maximum absolute atomic E-state index is 12.0. The first-order chi connectivity index (χ1) is 11.6. The second-order valence-electron chi connectivity index (χ2n) is 6.63. The number of nitrogens with zero attached hydrogens (tertiary/aromatic N) is 2. The van der Waals surface area contributed by atoms with Gasteiger partial charge in [0.25, 0.3) is 0 Å². The van der Waals surface area contributed by atoms with Gasteiger partial charge in [-0.05, 0) is 44.0 Å². The van der Waals surface area contributed by atoms with Gasteiger partial charge in [0.1, 0.15) is 6.54 Å². The lowest BCUT2D eigenvalue weighted by atomic mass is 10.0. The van der Waals surface area contributed by atoms with Gasteiger partial charge in [0.05, 0.1) is 11.6 Å². The quantitative estimate of drug-likeness (QED) is 0.889. The highest BCUT2D eigenvalue weighted by Gasteiger charge is 2.23. The van der Waals surface area contributed by atoms with Crippen LogP contribution in [0.4, 0.5) is 5.69 Å². The van der Waals surface area contributed by atoms with Crippen LogP contribution in [0.15, 0.2) is 24.3 Å². The lowest BCUT2D eigenvalue weighted by molar-refractivity contribution is -0.130. The number of hydrogen-bond donors (Lipinski definition) is 1. The molecule has 2 saturated heterocycles. The van der Waals surface area contributed by atoms with Crippen molar-refractivity contribution in [3.05, 3.63) is 29.8 Å². The summed E-state index contributed by atoms with van der Waals surface area (Å²) in [4.78, 5) is 27.7. The molecule has 0 saturated carbocycles. The smallest absolute Gasteiger partial charge is 0.244 e. The van der Waals surface area contributed by atoms with Crippen LogP contribution < -0.4 is 5.32 Å². The SMILES string of the molecule is CC1CCCCN1Cc1ccc(NC(=O)CN2CSCC2=O)cc1. The average molecular weight is 347 g/mol. The van der Waals surface area contributed by atoms with Gasteiger partial charge in [-0.15, -0.1) is 11.8 Å². The molecule has 0 bridgehead atoms. The van der Waals surface area contributed by atoms with E-state index < -0.39 is 0 Å². The molecule has 1 N–H and O–H groups in total. The number of benzene rings is 1. The fourth-order valence-corrected chi connectivity index (χ4v) is 4.14. The average Bonchev–Trinajstić information content (AvgIpc) is 2.96. The van der Waals surface area contributed by atoms with Crippen LogP contribution in [-0.4, -0.2) is 52.4 Å². The van der Waals surface area contributed by atoms with Gasteiger partial charge in [-0.1, -0.05) is 18.6 Å². The van der Waals surface area contributed by atoms with Crippen molar-refractivity contribution in [3.63, 3.8) is 0 Å². The molecular weight excluding hydrogens is 322 g/mol. The molecule has 2 amide bonds. The molecule has 130 valence electrons. The Kier molecular flexibility index (Phi) is 5.79. The maximum Gasteiger partial charge on any atom is 0.244 e. The molecule has 1 atom stereocenters. The number of anilines is 1. The Morgan fingerprint density at radius 2 is 2.08 bits per heavy atom. The standard InChI is InChI=1S/C18H25N3O2S/c1-14-4-2-3-9-20(14)10-15-5-7-16(8-6-15)19-17(22)11-21-13-24-12-18(21)23/h5-8,14H,2-4,9-13H2,1H3,(H,19,22). The number of thioether (sulfide) groups is 1. The van der Waals surface area contributed by atoms with E-state index in [9.17, 15) is 9.59 Å². The Hall–Kier alpha value is -1.53. The molecule has 2 aliphatic heterocycles. The molecule has 2 heterocycles. The van der Waals surface area contributed by atoms with Crippen molar-refractivity contribution in [1.82, 2.24) is 9.80 Å². The van der Waals surface area contributed by atoms with E-state index in [0.717, 1.165) is 12.2 Å². The molecule has 6 heteroatoms. The molecule has 1 aromatic carbocycles. The third-order valence-electron chi connectivity index (χ3n) is 4.72. The zero-order chi connectivity index (χ0) is 16.9. The molecule has 0 radical (unpaired) electrons. The largest absolute Gasteiger partial charge is 0.325 e. The van der Waals surface area contributed by atoms with Gasteiger partial charge < -0.3 is 10.2 Å². The zero-order valence-corrected chi connectivity index (χ0v) is 15.0. The van der Waals surface area contributed by atoms with Crippen LogP contribution in [0.5, 0.6) is 0 Å². The summed E-state index contributed by atoms with van der Waals surface area (Å²) < 4.78 is 0. The van der Waals surface area contributed by atoms with Crippen LogP contribution in [0.25, 0.3) is 0 Å². The molecular formula is C18H25N3O2S. The lowest BCUT2D eigenvalue weighted by Gasteiger charge is -2.33. The number of carbonyl (C=O) groups is 2. The van der Waals surface area contributed by atoms with Gasteiger partial charge >= 0.3 is 0 Å². The van der Waals surface area contributed by atoms with Crippen molar-refractivity contribution in [2.24, 2.45) is 0 Å². The predicted molar refractivity (Wildman–Crippen MR) is 97.8 cm³/mol. The fraction of sp³-hybridized carbons (Fsp3) is 0.556. The predicted octanol–water partition coefficient (Wildman–Crippen LogP) is 2.53. The van der Waals surface area contributed by atoms with Gasteiger partial charge in [0.15, 0.2) is 0 Å². The first-order valence-electron chi connectivity index (χ1n) is 8.60. The van der Waals surface area contributed by atoms with Crippen LogP contribution >= 0.6 is 11.8 Å². The summed E-state index contributed by atoms with van der Waals surface area (Å²) in [6, 6.07) is 8.70. The fourth-order valence-electron chi connectivity index (χ4n) is 3.23. The minimum atomic E-state index is -0.136. The normalized spacial score (nSPS) is 22.0. The monoisotopic (exact) mass is 347 g/mol. The second kappa shape index (κ2) is 8.03. The van der Waals surface area contributed by atoms with Crippen molar-refractivity contribution in [2.45, 2.75) is 38.8 Å². The third-order valence-corrected chi connectivity index (χ3v) is 5.67. The molecule has 2 fully saturated rings. The molecule has 3 rings (SSSR count). The highest BCUT2D eigenvalue weighted by molar-refractivity contribution is 8.00. The topological polar surface area (TPSA) is 52.7 Å². The first-order valence-corrected chi connectivity index (χ1v) is 9.75. The molecule has 2 aliphatic rings. The van der Waals surface area contributed by atoms with Crippen LogP contribution in [0, 0.1) is 0 Å². The van der Waals surface area contributed by atoms with Crippen molar-refractivity contribution in [2.75, 3.05) is 30.0 Å². The van der Waals surface area contributed by atoms with Crippen LogP contribution in [0.3, 0.4) is 0 Å². The van der Waals surface area contributed by atoms with E-state index in [-0.39, 0.29) is 18.4 Å². The molecule has 0 aromatic heterocycles. The summed E-state index contributed by atoms with van der Waals surface area (Å²) in [5.74, 6) is 1.00. The highest BCUT2D eigenvalue weighted by Crippen LogP contribution is 2.20. The second-order valence-corrected chi connectivity index (χ2v) is 7.58. The van der Waals surface area contributed by atoms with Crippen LogP contribution in [-0.2, 0) is 16.1 Å². The number of nitrogens with one attached hydrogen (secondary N) is 1. The van der Waals surface area contributed by atoms with Crippen molar-refractivity contribution >= 4 is 29.3 Å². The summed E-state index contributed by atoms with van der Waals surface area (Å²) in [7, 11) is 0. The highest BCUT2D eigenvalue weighted by atomic mass is 32.2. The van der Waals surface area contributed by atoms with Gasteiger partial charge in [0.2, 0.25) is 11.8 Å².